The minimum Gasteiger partial charge on any atom is -0.481 e. The van der Waals surface area contributed by atoms with Gasteiger partial charge in [-0.1, -0.05) is 48.5 Å². The molecule has 1 atom stereocenters. The number of aliphatic carboxylic acids is 1. The highest BCUT2D eigenvalue weighted by atomic mass is 16.5. The van der Waals surface area contributed by atoms with Crippen molar-refractivity contribution in [2.45, 2.75) is 31.6 Å². The summed E-state index contributed by atoms with van der Waals surface area (Å²) in [7, 11) is 0. The molecular weight excluding hydrogens is 448 g/mol. The summed E-state index contributed by atoms with van der Waals surface area (Å²) < 4.78 is 11.0. The number of carboxylic acid groups (broad SMARTS) is 1. The molecule has 2 N–H and O–H groups in total. The number of carbonyl (C=O) groups is 3. The summed E-state index contributed by atoms with van der Waals surface area (Å²) in [5, 5.41) is 11.5. The van der Waals surface area contributed by atoms with Crippen molar-refractivity contribution < 1.29 is 29.0 Å². The molecule has 8 heteroatoms. The number of ether oxygens (including phenoxy) is 2. The molecule has 1 unspecified atom stereocenters. The lowest BCUT2D eigenvalue weighted by Gasteiger charge is -2.16. The van der Waals surface area contributed by atoms with E-state index in [9.17, 15) is 14.4 Å². The average Bonchev–Trinajstić information content (AvgIpc) is 3.46. The largest absolute Gasteiger partial charge is 0.481 e. The number of fused-ring (bicyclic) bond motifs is 3. The number of benzene rings is 2. The highest BCUT2D eigenvalue weighted by Crippen LogP contribution is 2.44. The summed E-state index contributed by atoms with van der Waals surface area (Å²) in [6.45, 7) is 2.42. The Balaban J connectivity index is 1.10. The SMILES string of the molecule is O=C(O)CCC1CCN(C(=O)CCOCCNC(=O)OCC2c3ccccc3-c3ccccc32)C1. The molecule has 186 valence electrons. The highest BCUT2D eigenvalue weighted by molar-refractivity contribution is 5.79. The van der Waals surface area contributed by atoms with E-state index < -0.39 is 12.1 Å². The van der Waals surface area contributed by atoms with Crippen molar-refractivity contribution in [1.29, 1.82) is 0 Å². The van der Waals surface area contributed by atoms with E-state index in [0.29, 0.717) is 32.7 Å². The van der Waals surface area contributed by atoms with E-state index in [1.165, 1.54) is 22.3 Å². The van der Waals surface area contributed by atoms with Gasteiger partial charge in [-0.2, -0.15) is 0 Å². The number of carbonyl (C=O) groups excluding carboxylic acids is 2. The van der Waals surface area contributed by atoms with Crippen LogP contribution < -0.4 is 5.32 Å². The van der Waals surface area contributed by atoms with Crippen LogP contribution in [0.5, 0.6) is 0 Å². The third kappa shape index (κ3) is 6.39. The summed E-state index contributed by atoms with van der Waals surface area (Å²) in [6, 6.07) is 16.4. The van der Waals surface area contributed by atoms with Crippen LogP contribution in [0.15, 0.2) is 48.5 Å². The summed E-state index contributed by atoms with van der Waals surface area (Å²) >= 11 is 0. The first-order valence-electron chi connectivity index (χ1n) is 12.2. The Hall–Kier alpha value is -3.39. The summed E-state index contributed by atoms with van der Waals surface area (Å²) in [4.78, 5) is 37.0. The standard InChI is InChI=1S/C27H32N2O6/c30-25(29-14-11-19(17-29)9-10-26(31)32)12-15-34-16-13-28-27(33)35-18-24-22-7-3-1-5-20(22)21-6-2-4-8-23(21)24/h1-8,19,24H,9-18H2,(H,28,33)(H,31,32). The lowest BCUT2D eigenvalue weighted by molar-refractivity contribution is -0.137. The second-order valence-corrected chi connectivity index (χ2v) is 9.04. The fourth-order valence-electron chi connectivity index (χ4n) is 4.92. The molecule has 2 aliphatic rings. The minimum absolute atomic E-state index is 0.0183. The Morgan fingerprint density at radius 3 is 2.34 bits per heavy atom. The van der Waals surface area contributed by atoms with E-state index in [0.717, 1.165) is 6.42 Å². The monoisotopic (exact) mass is 480 g/mol. The molecule has 2 aromatic rings. The molecular formula is C27H32N2O6. The maximum absolute atomic E-state index is 12.3. The molecule has 1 heterocycles. The van der Waals surface area contributed by atoms with Crippen molar-refractivity contribution >= 4 is 18.0 Å². The van der Waals surface area contributed by atoms with Gasteiger partial charge in [0.1, 0.15) is 6.61 Å². The molecule has 4 rings (SSSR count). The first-order chi connectivity index (χ1) is 17.0. The number of likely N-dealkylation sites (tertiary alicyclic amines) is 1. The molecule has 1 aliphatic heterocycles. The Labute approximate surface area is 205 Å². The molecule has 1 aliphatic carbocycles. The van der Waals surface area contributed by atoms with Crippen molar-refractivity contribution in [2.75, 3.05) is 39.5 Å². The fraction of sp³-hybridized carbons (Fsp3) is 0.444. The molecule has 0 spiro atoms. The third-order valence-corrected chi connectivity index (χ3v) is 6.72. The number of rotatable bonds is 11. The zero-order valence-corrected chi connectivity index (χ0v) is 19.8. The molecule has 1 fully saturated rings. The van der Waals surface area contributed by atoms with Crippen LogP contribution in [-0.4, -0.2) is 67.4 Å². The lowest BCUT2D eigenvalue weighted by atomic mass is 9.98. The minimum atomic E-state index is -0.796. The number of carboxylic acids is 1. The summed E-state index contributed by atoms with van der Waals surface area (Å²) in [5.74, 6) is -0.496. The van der Waals surface area contributed by atoms with Gasteiger partial charge in [-0.05, 0) is 41.0 Å². The maximum atomic E-state index is 12.3. The van der Waals surface area contributed by atoms with Gasteiger partial charge < -0.3 is 24.8 Å². The highest BCUT2D eigenvalue weighted by Gasteiger charge is 2.29. The van der Waals surface area contributed by atoms with E-state index in [4.69, 9.17) is 14.6 Å². The predicted octanol–water partition coefficient (Wildman–Crippen LogP) is 3.65. The number of nitrogens with zero attached hydrogens (tertiary/aromatic N) is 1. The topological polar surface area (TPSA) is 105 Å². The lowest BCUT2D eigenvalue weighted by Crippen LogP contribution is -2.31. The van der Waals surface area contributed by atoms with Crippen LogP contribution in [0.4, 0.5) is 4.79 Å². The number of hydrogen-bond acceptors (Lipinski definition) is 5. The van der Waals surface area contributed by atoms with E-state index in [-0.39, 0.29) is 43.8 Å². The smallest absolute Gasteiger partial charge is 0.407 e. The molecule has 0 saturated carbocycles. The van der Waals surface area contributed by atoms with Crippen molar-refractivity contribution in [3.05, 3.63) is 59.7 Å². The van der Waals surface area contributed by atoms with Crippen LogP contribution in [0.3, 0.4) is 0 Å². The second kappa shape index (κ2) is 11.8. The number of amides is 2. The molecule has 0 bridgehead atoms. The first-order valence-corrected chi connectivity index (χ1v) is 12.2. The molecule has 35 heavy (non-hydrogen) atoms. The number of hydrogen-bond donors (Lipinski definition) is 2. The second-order valence-electron chi connectivity index (χ2n) is 9.04. The van der Waals surface area contributed by atoms with E-state index in [2.05, 4.69) is 29.6 Å². The Kier molecular flexibility index (Phi) is 8.36. The van der Waals surface area contributed by atoms with Gasteiger partial charge in [0.2, 0.25) is 5.91 Å². The van der Waals surface area contributed by atoms with Crippen LogP contribution in [-0.2, 0) is 19.1 Å². The van der Waals surface area contributed by atoms with Gasteiger partial charge in [-0.3, -0.25) is 9.59 Å². The van der Waals surface area contributed by atoms with Crippen molar-refractivity contribution in [3.8, 4) is 11.1 Å². The van der Waals surface area contributed by atoms with Crippen LogP contribution in [0.25, 0.3) is 11.1 Å². The molecule has 8 nitrogen and oxygen atoms in total. The number of alkyl carbamates (subject to hydrolysis) is 1. The maximum Gasteiger partial charge on any atom is 0.407 e. The first kappa shape index (κ1) is 24.7. The van der Waals surface area contributed by atoms with E-state index in [1.54, 1.807) is 4.90 Å². The molecule has 0 radical (unpaired) electrons. The molecule has 2 aromatic carbocycles. The van der Waals surface area contributed by atoms with Crippen LogP contribution in [0.1, 0.15) is 42.7 Å². The Morgan fingerprint density at radius 2 is 1.66 bits per heavy atom. The quantitative estimate of drug-likeness (QED) is 0.476. The fourth-order valence-corrected chi connectivity index (χ4v) is 4.92. The Bertz CT molecular complexity index is 1010. The van der Waals surface area contributed by atoms with Gasteiger partial charge in [0.05, 0.1) is 19.6 Å². The number of nitrogens with one attached hydrogen (secondary N) is 1. The van der Waals surface area contributed by atoms with Gasteiger partial charge in [-0.15, -0.1) is 0 Å². The Morgan fingerprint density at radius 1 is 0.971 bits per heavy atom. The summed E-state index contributed by atoms with van der Waals surface area (Å²) in [5.41, 5.74) is 4.70. The van der Waals surface area contributed by atoms with Crippen LogP contribution >= 0.6 is 0 Å². The van der Waals surface area contributed by atoms with Crippen molar-refractivity contribution in [1.82, 2.24) is 10.2 Å². The van der Waals surface area contributed by atoms with Gasteiger partial charge in [0, 0.05) is 32.0 Å². The molecule has 1 saturated heterocycles. The van der Waals surface area contributed by atoms with Gasteiger partial charge in [0.15, 0.2) is 0 Å². The zero-order chi connectivity index (χ0) is 24.6. The normalized spacial score (nSPS) is 16.6. The molecule has 0 aromatic heterocycles. The molecule has 2 amide bonds. The third-order valence-electron chi connectivity index (χ3n) is 6.72. The van der Waals surface area contributed by atoms with Crippen LogP contribution in [0.2, 0.25) is 0 Å². The van der Waals surface area contributed by atoms with Crippen molar-refractivity contribution in [3.63, 3.8) is 0 Å². The van der Waals surface area contributed by atoms with Crippen LogP contribution in [0, 0.1) is 5.92 Å². The summed E-state index contributed by atoms with van der Waals surface area (Å²) in [6.07, 6.45) is 1.39. The zero-order valence-electron chi connectivity index (χ0n) is 19.8. The van der Waals surface area contributed by atoms with E-state index in [1.807, 2.05) is 24.3 Å². The van der Waals surface area contributed by atoms with Gasteiger partial charge in [-0.25, -0.2) is 4.79 Å². The van der Waals surface area contributed by atoms with E-state index >= 15 is 0 Å². The van der Waals surface area contributed by atoms with Gasteiger partial charge >= 0.3 is 12.1 Å². The average molecular weight is 481 g/mol. The van der Waals surface area contributed by atoms with Gasteiger partial charge in [0.25, 0.3) is 0 Å². The van der Waals surface area contributed by atoms with Crippen molar-refractivity contribution in [2.24, 2.45) is 5.92 Å². The predicted molar refractivity (Wildman–Crippen MR) is 130 cm³/mol.